The molecule has 0 nitrogen and oxygen atoms in total. The zero-order valence-electron chi connectivity index (χ0n) is 9.67. The Bertz CT molecular complexity index is 306. The molecule has 0 saturated carbocycles. The summed E-state index contributed by atoms with van der Waals surface area (Å²) in [6.45, 7) is 11.9. The molecule has 0 unspecified atom stereocenters. The van der Waals surface area contributed by atoms with Crippen molar-refractivity contribution in [2.75, 3.05) is 0 Å². The van der Waals surface area contributed by atoms with E-state index in [1.54, 1.807) is 0 Å². The zero-order chi connectivity index (χ0) is 11.0. The average Bonchev–Trinajstić information content (AvgIpc) is 2.24. The molecule has 0 aromatic heterocycles. The molecule has 14 heavy (non-hydrogen) atoms. The maximum absolute atomic E-state index is 3.78. The highest BCUT2D eigenvalue weighted by Gasteiger charge is 1.96. The molecule has 0 heteroatoms. The van der Waals surface area contributed by atoms with Crippen molar-refractivity contribution >= 4 is 12.2 Å². The third-order valence-corrected chi connectivity index (χ3v) is 1.91. The van der Waals surface area contributed by atoms with Crippen LogP contribution in [0.3, 0.4) is 0 Å². The number of rotatable bonds is 2. The van der Waals surface area contributed by atoms with Crippen molar-refractivity contribution in [3.63, 3.8) is 0 Å². The van der Waals surface area contributed by atoms with E-state index < -0.39 is 0 Å². The lowest BCUT2D eigenvalue weighted by atomic mass is 10.0. The van der Waals surface area contributed by atoms with Crippen molar-refractivity contribution in [1.82, 2.24) is 0 Å². The molecule has 1 aromatic carbocycles. The molecule has 1 aromatic rings. The molecule has 0 fully saturated rings. The summed E-state index contributed by atoms with van der Waals surface area (Å²) in [5.41, 5.74) is 3.77. The highest BCUT2D eigenvalue weighted by atomic mass is 14.0. The predicted molar refractivity (Wildman–Crippen MR) is 67.3 cm³/mol. The Morgan fingerprint density at radius 2 is 1.86 bits per heavy atom. The summed E-state index contributed by atoms with van der Waals surface area (Å²) in [6, 6.07) is 6.25. The van der Waals surface area contributed by atoms with Gasteiger partial charge in [-0.3, -0.25) is 0 Å². The van der Waals surface area contributed by atoms with E-state index in [0.29, 0.717) is 0 Å². The van der Waals surface area contributed by atoms with Crippen LogP contribution in [-0.2, 0) is 0 Å². The van der Waals surface area contributed by atoms with Gasteiger partial charge in [0.25, 0.3) is 0 Å². The normalized spacial score (nSPS) is 9.43. The van der Waals surface area contributed by atoms with Crippen LogP contribution in [0, 0.1) is 6.92 Å². The molecule has 0 atom stereocenters. The summed E-state index contributed by atoms with van der Waals surface area (Å²) in [5.74, 6) is 0. The van der Waals surface area contributed by atoms with Crippen LogP contribution in [0.2, 0.25) is 0 Å². The van der Waals surface area contributed by atoms with Crippen LogP contribution < -0.4 is 0 Å². The van der Waals surface area contributed by atoms with E-state index in [-0.39, 0.29) is 0 Å². The SMILES string of the molecule is C=Cc1cccc(C)c1/C=C\C.CC. The molecule has 76 valence electrons. The lowest BCUT2D eigenvalue weighted by molar-refractivity contribution is 1.43. The quantitative estimate of drug-likeness (QED) is 0.631. The van der Waals surface area contributed by atoms with Gasteiger partial charge in [-0.25, -0.2) is 0 Å². The highest BCUT2D eigenvalue weighted by molar-refractivity contribution is 5.66. The lowest BCUT2D eigenvalue weighted by Gasteiger charge is -2.03. The van der Waals surface area contributed by atoms with Gasteiger partial charge in [-0.05, 0) is 30.5 Å². The second-order valence-corrected chi connectivity index (χ2v) is 2.78. The Morgan fingerprint density at radius 1 is 1.21 bits per heavy atom. The topological polar surface area (TPSA) is 0 Å². The Labute approximate surface area is 88.0 Å². The summed E-state index contributed by atoms with van der Waals surface area (Å²) in [4.78, 5) is 0. The second kappa shape index (κ2) is 7.14. The lowest BCUT2D eigenvalue weighted by Crippen LogP contribution is -1.84. The predicted octanol–water partition coefficient (Wildman–Crippen LogP) is 4.70. The van der Waals surface area contributed by atoms with Crippen LogP contribution >= 0.6 is 0 Å². The molecular weight excluding hydrogens is 168 g/mol. The van der Waals surface area contributed by atoms with E-state index in [9.17, 15) is 0 Å². The summed E-state index contributed by atoms with van der Waals surface area (Å²) in [5, 5.41) is 0. The van der Waals surface area contributed by atoms with Crippen molar-refractivity contribution in [2.45, 2.75) is 27.7 Å². The monoisotopic (exact) mass is 188 g/mol. The van der Waals surface area contributed by atoms with Gasteiger partial charge in [0, 0.05) is 0 Å². The molecule has 0 aliphatic carbocycles. The summed E-state index contributed by atoms with van der Waals surface area (Å²) >= 11 is 0. The molecule has 0 amide bonds. The third-order valence-electron chi connectivity index (χ3n) is 1.91. The number of aryl methyl sites for hydroxylation is 1. The molecule has 0 heterocycles. The molecule has 1 rings (SSSR count). The van der Waals surface area contributed by atoms with Gasteiger partial charge in [-0.15, -0.1) is 0 Å². The molecule has 0 N–H and O–H groups in total. The minimum atomic E-state index is 1.20. The highest BCUT2D eigenvalue weighted by Crippen LogP contribution is 2.16. The van der Waals surface area contributed by atoms with E-state index >= 15 is 0 Å². The van der Waals surface area contributed by atoms with Crippen LogP contribution in [-0.4, -0.2) is 0 Å². The van der Waals surface area contributed by atoms with E-state index in [1.165, 1.54) is 16.7 Å². The molecular formula is C14H20. The first-order valence-corrected chi connectivity index (χ1v) is 5.14. The first-order chi connectivity index (χ1) is 6.79. The maximum Gasteiger partial charge on any atom is -0.0158 e. The van der Waals surface area contributed by atoms with Crippen LogP contribution in [0.25, 0.3) is 12.2 Å². The fourth-order valence-corrected chi connectivity index (χ4v) is 1.28. The Hall–Kier alpha value is -1.30. The van der Waals surface area contributed by atoms with Gasteiger partial charge in [-0.2, -0.15) is 0 Å². The van der Waals surface area contributed by atoms with Crippen LogP contribution in [0.15, 0.2) is 30.9 Å². The Kier molecular flexibility index (Phi) is 6.47. The smallest absolute Gasteiger partial charge is 0.0158 e. The number of hydrogen-bond donors (Lipinski definition) is 0. The van der Waals surface area contributed by atoms with Crippen molar-refractivity contribution in [2.24, 2.45) is 0 Å². The largest absolute Gasteiger partial charge is 0.0984 e. The number of allylic oxidation sites excluding steroid dienone is 1. The summed E-state index contributed by atoms with van der Waals surface area (Å²) in [6.07, 6.45) is 6.06. The fourth-order valence-electron chi connectivity index (χ4n) is 1.28. The first kappa shape index (κ1) is 12.7. The number of benzene rings is 1. The van der Waals surface area contributed by atoms with Crippen molar-refractivity contribution in [3.8, 4) is 0 Å². The maximum atomic E-state index is 3.78. The number of hydrogen-bond acceptors (Lipinski definition) is 0. The van der Waals surface area contributed by atoms with Crippen molar-refractivity contribution in [3.05, 3.63) is 47.5 Å². The van der Waals surface area contributed by atoms with Gasteiger partial charge in [-0.1, -0.05) is 56.9 Å². The van der Waals surface area contributed by atoms with Gasteiger partial charge in [0.05, 0.1) is 0 Å². The Morgan fingerprint density at radius 3 is 2.36 bits per heavy atom. The molecule has 0 radical (unpaired) electrons. The molecule has 0 aliphatic heterocycles. The minimum Gasteiger partial charge on any atom is -0.0984 e. The van der Waals surface area contributed by atoms with Crippen LogP contribution in [0.1, 0.15) is 37.5 Å². The summed E-state index contributed by atoms with van der Waals surface area (Å²) < 4.78 is 0. The van der Waals surface area contributed by atoms with E-state index in [1.807, 2.05) is 26.8 Å². The van der Waals surface area contributed by atoms with Gasteiger partial charge in [0.2, 0.25) is 0 Å². The second-order valence-electron chi connectivity index (χ2n) is 2.78. The average molecular weight is 188 g/mol. The van der Waals surface area contributed by atoms with Crippen molar-refractivity contribution in [1.29, 1.82) is 0 Å². The molecule has 0 spiro atoms. The first-order valence-electron chi connectivity index (χ1n) is 5.14. The third kappa shape index (κ3) is 3.21. The van der Waals surface area contributed by atoms with E-state index in [4.69, 9.17) is 0 Å². The van der Waals surface area contributed by atoms with Gasteiger partial charge >= 0.3 is 0 Å². The Balaban J connectivity index is 0.000000791. The fraction of sp³-hybridized carbons (Fsp3) is 0.286. The van der Waals surface area contributed by atoms with E-state index in [0.717, 1.165) is 0 Å². The van der Waals surface area contributed by atoms with Gasteiger partial charge < -0.3 is 0 Å². The van der Waals surface area contributed by atoms with Crippen LogP contribution in [0.5, 0.6) is 0 Å². The van der Waals surface area contributed by atoms with Crippen LogP contribution in [0.4, 0.5) is 0 Å². The standard InChI is InChI=1S/C12H14.C2H6/c1-4-7-12-10(3)8-6-9-11(12)5-2;1-2/h4-9H,2H2,1,3H3;1-2H3/b7-4-;. The molecule has 0 bridgehead atoms. The zero-order valence-corrected chi connectivity index (χ0v) is 9.67. The molecule has 0 aliphatic rings. The van der Waals surface area contributed by atoms with Gasteiger partial charge in [0.15, 0.2) is 0 Å². The minimum absolute atomic E-state index is 1.20. The van der Waals surface area contributed by atoms with Gasteiger partial charge in [0.1, 0.15) is 0 Å². The summed E-state index contributed by atoms with van der Waals surface area (Å²) in [7, 11) is 0. The van der Waals surface area contributed by atoms with E-state index in [2.05, 4.69) is 43.9 Å². The van der Waals surface area contributed by atoms with Crippen molar-refractivity contribution < 1.29 is 0 Å². The molecule has 0 saturated heterocycles.